The molecule has 0 unspecified atom stereocenters. The summed E-state index contributed by atoms with van der Waals surface area (Å²) in [6.07, 6.45) is 1.66. The van der Waals surface area contributed by atoms with Crippen molar-refractivity contribution in [3.63, 3.8) is 0 Å². The highest BCUT2D eigenvalue weighted by Crippen LogP contribution is 2.17. The Morgan fingerprint density at radius 2 is 2.23 bits per heavy atom. The summed E-state index contributed by atoms with van der Waals surface area (Å²) in [5.41, 5.74) is 1.37. The lowest BCUT2D eigenvalue weighted by atomic mass is 10.2. The monoisotopic (exact) mass is 176 g/mol. The third-order valence-electron chi connectivity index (χ3n) is 1.49. The molecule has 1 heterocycles. The van der Waals surface area contributed by atoms with Crippen LogP contribution < -0.4 is 4.74 Å². The first-order valence-corrected chi connectivity index (χ1v) is 4.17. The topological polar surface area (TPSA) is 45.9 Å². The summed E-state index contributed by atoms with van der Waals surface area (Å²) in [6.45, 7) is 5.68. The van der Waals surface area contributed by atoms with Gasteiger partial charge in [0.2, 0.25) is 0 Å². The van der Waals surface area contributed by atoms with Crippen LogP contribution in [0.1, 0.15) is 25.1 Å². The van der Waals surface area contributed by atoms with Crippen LogP contribution in [0.5, 0.6) is 5.75 Å². The first kappa shape index (κ1) is 9.53. The fourth-order valence-electron chi connectivity index (χ4n) is 0.982. The standard InChI is InChI=1S/C10H12N2O/c1-7(2)13-10-6-12-8(3)4-9(10)5-11/h4,6-7H,1-3H3. The van der Waals surface area contributed by atoms with E-state index in [2.05, 4.69) is 11.1 Å². The summed E-state index contributed by atoms with van der Waals surface area (Å²) in [4.78, 5) is 4.06. The summed E-state index contributed by atoms with van der Waals surface area (Å²) >= 11 is 0. The lowest BCUT2D eigenvalue weighted by Crippen LogP contribution is -2.07. The van der Waals surface area contributed by atoms with Gasteiger partial charge in [-0.3, -0.25) is 4.98 Å². The Hall–Kier alpha value is -1.56. The highest BCUT2D eigenvalue weighted by Gasteiger charge is 2.05. The Bertz CT molecular complexity index is 339. The number of aromatic nitrogens is 1. The van der Waals surface area contributed by atoms with E-state index in [0.29, 0.717) is 11.3 Å². The van der Waals surface area contributed by atoms with Crippen molar-refractivity contribution in [1.82, 2.24) is 4.98 Å². The first-order chi connectivity index (χ1) is 6.13. The molecule has 1 rings (SSSR count). The van der Waals surface area contributed by atoms with Crippen molar-refractivity contribution in [2.24, 2.45) is 0 Å². The van der Waals surface area contributed by atoms with Crippen molar-refractivity contribution >= 4 is 0 Å². The summed E-state index contributed by atoms with van der Waals surface area (Å²) in [6, 6.07) is 3.80. The Balaban J connectivity index is 3.01. The van der Waals surface area contributed by atoms with Gasteiger partial charge in [0.25, 0.3) is 0 Å². The van der Waals surface area contributed by atoms with Gasteiger partial charge in [-0.15, -0.1) is 0 Å². The predicted octanol–water partition coefficient (Wildman–Crippen LogP) is 2.05. The Labute approximate surface area is 78.0 Å². The molecule has 0 aromatic carbocycles. The summed E-state index contributed by atoms with van der Waals surface area (Å²) < 4.78 is 5.41. The van der Waals surface area contributed by atoms with E-state index in [1.807, 2.05) is 20.8 Å². The van der Waals surface area contributed by atoms with Gasteiger partial charge in [-0.05, 0) is 26.8 Å². The second kappa shape index (κ2) is 3.90. The van der Waals surface area contributed by atoms with Gasteiger partial charge in [-0.2, -0.15) is 5.26 Å². The van der Waals surface area contributed by atoms with Gasteiger partial charge in [-0.1, -0.05) is 0 Å². The molecule has 0 aliphatic rings. The number of hydrogen-bond donors (Lipinski definition) is 0. The summed E-state index contributed by atoms with van der Waals surface area (Å²) in [5, 5.41) is 8.80. The predicted molar refractivity (Wildman–Crippen MR) is 49.5 cm³/mol. The van der Waals surface area contributed by atoms with E-state index >= 15 is 0 Å². The molecule has 0 aliphatic carbocycles. The van der Waals surface area contributed by atoms with Gasteiger partial charge in [0, 0.05) is 5.69 Å². The lowest BCUT2D eigenvalue weighted by molar-refractivity contribution is 0.240. The van der Waals surface area contributed by atoms with Crippen LogP contribution in [0, 0.1) is 18.3 Å². The molecule has 0 spiro atoms. The van der Waals surface area contributed by atoms with Crippen molar-refractivity contribution in [1.29, 1.82) is 5.26 Å². The molecule has 0 bridgehead atoms. The van der Waals surface area contributed by atoms with Gasteiger partial charge in [0.1, 0.15) is 6.07 Å². The summed E-state index contributed by atoms with van der Waals surface area (Å²) in [7, 11) is 0. The minimum Gasteiger partial charge on any atom is -0.488 e. The minimum atomic E-state index is 0.0663. The van der Waals surface area contributed by atoms with E-state index in [-0.39, 0.29) is 6.10 Å². The molecule has 0 fully saturated rings. The maximum absolute atomic E-state index is 8.80. The molecule has 68 valence electrons. The van der Waals surface area contributed by atoms with Gasteiger partial charge < -0.3 is 4.74 Å². The van der Waals surface area contributed by atoms with Gasteiger partial charge in [0.15, 0.2) is 5.75 Å². The SMILES string of the molecule is Cc1cc(C#N)c(OC(C)C)cn1. The highest BCUT2D eigenvalue weighted by atomic mass is 16.5. The number of rotatable bonds is 2. The van der Waals surface area contributed by atoms with Crippen LogP contribution >= 0.6 is 0 Å². The van der Waals surface area contributed by atoms with Crippen LogP contribution in [0.3, 0.4) is 0 Å². The molecule has 1 aromatic heterocycles. The van der Waals surface area contributed by atoms with Crippen LogP contribution in [0.15, 0.2) is 12.3 Å². The van der Waals surface area contributed by atoms with Crippen molar-refractivity contribution in [2.75, 3.05) is 0 Å². The molecule has 0 radical (unpaired) electrons. The number of pyridine rings is 1. The fraction of sp³-hybridized carbons (Fsp3) is 0.400. The van der Waals surface area contributed by atoms with Crippen molar-refractivity contribution in [2.45, 2.75) is 26.9 Å². The van der Waals surface area contributed by atoms with E-state index in [1.165, 1.54) is 0 Å². The molecule has 0 aliphatic heterocycles. The zero-order chi connectivity index (χ0) is 9.84. The van der Waals surface area contributed by atoms with Crippen LogP contribution in [0.2, 0.25) is 0 Å². The molecule has 3 heteroatoms. The summed E-state index contributed by atoms with van der Waals surface area (Å²) in [5.74, 6) is 0.558. The van der Waals surface area contributed by atoms with E-state index in [0.717, 1.165) is 5.69 Å². The quantitative estimate of drug-likeness (QED) is 0.692. The molecule has 0 N–H and O–H groups in total. The van der Waals surface area contributed by atoms with E-state index < -0.39 is 0 Å². The van der Waals surface area contributed by atoms with Crippen molar-refractivity contribution in [3.8, 4) is 11.8 Å². The first-order valence-electron chi connectivity index (χ1n) is 4.17. The molecule has 0 amide bonds. The molecular formula is C10H12N2O. The molecule has 0 saturated heterocycles. The Morgan fingerprint density at radius 3 is 2.77 bits per heavy atom. The van der Waals surface area contributed by atoms with E-state index in [9.17, 15) is 0 Å². The van der Waals surface area contributed by atoms with Gasteiger partial charge in [0.05, 0.1) is 17.9 Å². The number of nitriles is 1. The molecular weight excluding hydrogens is 164 g/mol. The molecule has 13 heavy (non-hydrogen) atoms. The van der Waals surface area contributed by atoms with Crippen LogP contribution in [0.4, 0.5) is 0 Å². The average molecular weight is 176 g/mol. The largest absolute Gasteiger partial charge is 0.488 e. The maximum atomic E-state index is 8.80. The van der Waals surface area contributed by atoms with Gasteiger partial charge >= 0.3 is 0 Å². The fourth-order valence-corrected chi connectivity index (χ4v) is 0.982. The average Bonchev–Trinajstić information content (AvgIpc) is 2.07. The van der Waals surface area contributed by atoms with Crippen molar-refractivity contribution in [3.05, 3.63) is 23.5 Å². The molecule has 3 nitrogen and oxygen atoms in total. The second-order valence-corrected chi connectivity index (χ2v) is 3.10. The minimum absolute atomic E-state index is 0.0663. The van der Waals surface area contributed by atoms with Crippen molar-refractivity contribution < 1.29 is 4.74 Å². The number of aryl methyl sites for hydroxylation is 1. The zero-order valence-corrected chi connectivity index (χ0v) is 8.03. The van der Waals surface area contributed by atoms with E-state index in [1.54, 1.807) is 12.3 Å². The van der Waals surface area contributed by atoms with Crippen LogP contribution in [-0.2, 0) is 0 Å². The number of ether oxygens (including phenoxy) is 1. The molecule has 1 aromatic rings. The smallest absolute Gasteiger partial charge is 0.155 e. The normalized spacial score (nSPS) is 9.77. The lowest BCUT2D eigenvalue weighted by Gasteiger charge is -2.10. The van der Waals surface area contributed by atoms with Crippen LogP contribution in [-0.4, -0.2) is 11.1 Å². The molecule has 0 atom stereocenters. The third-order valence-corrected chi connectivity index (χ3v) is 1.49. The third kappa shape index (κ3) is 2.45. The molecule has 0 saturated carbocycles. The Morgan fingerprint density at radius 1 is 1.54 bits per heavy atom. The van der Waals surface area contributed by atoms with Crippen LogP contribution in [0.25, 0.3) is 0 Å². The second-order valence-electron chi connectivity index (χ2n) is 3.10. The number of hydrogen-bond acceptors (Lipinski definition) is 3. The highest BCUT2D eigenvalue weighted by molar-refractivity contribution is 5.42. The Kier molecular flexibility index (Phi) is 2.86. The van der Waals surface area contributed by atoms with Gasteiger partial charge in [-0.25, -0.2) is 0 Å². The van der Waals surface area contributed by atoms with E-state index in [4.69, 9.17) is 10.00 Å². The zero-order valence-electron chi connectivity index (χ0n) is 8.03. The maximum Gasteiger partial charge on any atom is 0.155 e. The number of nitrogens with zero attached hydrogens (tertiary/aromatic N) is 2.